The van der Waals surface area contributed by atoms with Crippen molar-refractivity contribution in [1.29, 1.82) is 0 Å². The van der Waals surface area contributed by atoms with Gasteiger partial charge >= 0.3 is 16.1 Å². The van der Waals surface area contributed by atoms with Crippen LogP contribution in [0.25, 0.3) is 0 Å². The van der Waals surface area contributed by atoms with E-state index in [1.165, 1.54) is 0 Å². The number of rotatable bonds is 6. The van der Waals surface area contributed by atoms with Gasteiger partial charge in [-0.3, -0.25) is 0 Å². The molecule has 7 nitrogen and oxygen atoms in total. The number of benzene rings is 3. The molecule has 0 unspecified atom stereocenters. The predicted molar refractivity (Wildman–Crippen MR) is 101 cm³/mol. The van der Waals surface area contributed by atoms with E-state index in [-0.39, 0.29) is 0 Å². The lowest BCUT2D eigenvalue weighted by Gasteiger charge is -2.19. The highest BCUT2D eigenvalue weighted by molar-refractivity contribution is 7.49. The maximum Gasteiger partial charge on any atom is 0.692 e. The monoisotopic (exact) mass is 407 g/mol. The summed E-state index contributed by atoms with van der Waals surface area (Å²) in [4.78, 5) is 14.2. The third kappa shape index (κ3) is 8.03. The smallest absolute Gasteiger partial charge is 0.386 e. The average Bonchev–Trinajstić information content (AvgIpc) is 2.63. The first-order valence-corrected chi connectivity index (χ1v) is 10.3. The summed E-state index contributed by atoms with van der Waals surface area (Å²) in [5.41, 5.74) is 0. The molecule has 0 fully saturated rings. The molecule has 3 rings (SSSR count). The molecule has 9 heteroatoms. The van der Waals surface area contributed by atoms with Crippen molar-refractivity contribution < 1.29 is 32.5 Å². The van der Waals surface area contributed by atoms with Gasteiger partial charge in [-0.2, -0.15) is 4.57 Å². The highest BCUT2D eigenvalue weighted by Crippen LogP contribution is 2.49. The summed E-state index contributed by atoms with van der Waals surface area (Å²) in [7, 11) is -6.76. The summed E-state index contributed by atoms with van der Waals surface area (Å²) < 4.78 is 38.3. The zero-order chi connectivity index (χ0) is 19.5. The van der Waals surface area contributed by atoms with Crippen LogP contribution in [0.4, 0.5) is 0 Å². The fraction of sp³-hybridized carbons (Fsp3) is 0. The molecule has 3 aromatic carbocycles. The van der Waals surface area contributed by atoms with Gasteiger partial charge in [0.05, 0.1) is 0 Å². The lowest BCUT2D eigenvalue weighted by molar-refractivity contribution is 0.298. The summed E-state index contributed by atoms with van der Waals surface area (Å²) >= 11 is 0. The van der Waals surface area contributed by atoms with Crippen LogP contribution in [-0.2, 0) is 9.13 Å². The molecule has 0 aliphatic heterocycles. The van der Waals surface area contributed by atoms with Gasteiger partial charge in [-0.1, -0.05) is 54.6 Å². The van der Waals surface area contributed by atoms with Crippen molar-refractivity contribution in [2.75, 3.05) is 0 Å². The molecule has 0 saturated carbocycles. The van der Waals surface area contributed by atoms with Crippen molar-refractivity contribution in [2.45, 2.75) is 0 Å². The Morgan fingerprint density at radius 2 is 0.815 bits per heavy atom. The van der Waals surface area contributed by atoms with Crippen molar-refractivity contribution in [2.24, 2.45) is 0 Å². The molecular formula is C18H17O7P2+. The van der Waals surface area contributed by atoms with Crippen LogP contribution in [0.2, 0.25) is 0 Å². The van der Waals surface area contributed by atoms with Crippen LogP contribution >= 0.6 is 16.1 Å². The van der Waals surface area contributed by atoms with E-state index >= 15 is 0 Å². The maximum absolute atomic E-state index is 13.1. The van der Waals surface area contributed by atoms with Crippen LogP contribution in [0.3, 0.4) is 0 Å². The minimum atomic E-state index is -3.89. The topological polar surface area (TPSA) is 102 Å². The van der Waals surface area contributed by atoms with E-state index in [2.05, 4.69) is 0 Å². The van der Waals surface area contributed by atoms with Crippen molar-refractivity contribution in [3.63, 3.8) is 0 Å². The minimum Gasteiger partial charge on any atom is -0.386 e. The molecule has 0 bridgehead atoms. The average molecular weight is 407 g/mol. The van der Waals surface area contributed by atoms with Crippen molar-refractivity contribution in [3.8, 4) is 17.2 Å². The van der Waals surface area contributed by atoms with Crippen LogP contribution in [0.15, 0.2) is 91.0 Å². The maximum atomic E-state index is 13.1. The predicted octanol–water partition coefficient (Wildman–Crippen LogP) is 4.96. The highest BCUT2D eigenvalue weighted by Gasteiger charge is 2.33. The van der Waals surface area contributed by atoms with Gasteiger partial charge in [0.15, 0.2) is 0 Å². The third-order valence-corrected chi connectivity index (χ3v) is 4.18. The zero-order valence-corrected chi connectivity index (χ0v) is 15.8. The van der Waals surface area contributed by atoms with E-state index in [1.807, 2.05) is 18.2 Å². The second-order valence-corrected chi connectivity index (χ2v) is 6.86. The Morgan fingerprint density at radius 1 is 0.593 bits per heavy atom. The van der Waals surface area contributed by atoms with Crippen molar-refractivity contribution in [1.82, 2.24) is 0 Å². The molecule has 2 N–H and O–H groups in total. The van der Waals surface area contributed by atoms with Gasteiger partial charge in [0.2, 0.25) is 0 Å². The van der Waals surface area contributed by atoms with Crippen molar-refractivity contribution in [3.05, 3.63) is 91.0 Å². The molecular weight excluding hydrogens is 390 g/mol. The van der Waals surface area contributed by atoms with Crippen LogP contribution in [0, 0.1) is 0 Å². The lowest BCUT2D eigenvalue weighted by atomic mass is 10.3. The number of hydrogen-bond acceptors (Lipinski definition) is 5. The first kappa shape index (κ1) is 20.6. The van der Waals surface area contributed by atoms with Gasteiger partial charge in [0.1, 0.15) is 17.2 Å². The Bertz CT molecular complexity index is 762. The van der Waals surface area contributed by atoms with E-state index in [0.29, 0.717) is 17.2 Å². The van der Waals surface area contributed by atoms with Gasteiger partial charge in [-0.25, -0.2) is 0 Å². The SMILES string of the molecule is O=P(Oc1ccccc1)(Oc1ccccc1)Oc1ccccc1.O=[P+](O)O. The molecule has 0 amide bonds. The summed E-state index contributed by atoms with van der Waals surface area (Å²) in [5.74, 6) is 1.22. The number of phosphoric ester groups is 1. The molecule has 27 heavy (non-hydrogen) atoms. The summed E-state index contributed by atoms with van der Waals surface area (Å²) in [6.07, 6.45) is 0. The standard InChI is InChI=1S/C18H15O4P.HO3P/c19-23(20-16-10-4-1-5-11-16,21-17-12-6-2-7-13-17)22-18-14-8-3-9-15-18;1-4(2)3/h1-15H;(H-,1,2,3)/p+1. The van der Waals surface area contributed by atoms with E-state index in [1.54, 1.807) is 72.8 Å². The summed E-state index contributed by atoms with van der Waals surface area (Å²) in [6, 6.07) is 26.4. The Labute approximate surface area is 157 Å². The molecule has 0 aromatic heterocycles. The Kier molecular flexibility index (Phi) is 7.99. The second-order valence-electron chi connectivity index (χ2n) is 4.91. The van der Waals surface area contributed by atoms with Gasteiger partial charge in [-0.05, 0) is 36.4 Å². The molecule has 0 aliphatic rings. The van der Waals surface area contributed by atoms with Gasteiger partial charge in [0, 0.05) is 4.57 Å². The van der Waals surface area contributed by atoms with Gasteiger partial charge in [0.25, 0.3) is 0 Å². The van der Waals surface area contributed by atoms with Crippen molar-refractivity contribution >= 4 is 16.1 Å². The zero-order valence-electron chi connectivity index (χ0n) is 14.0. The molecule has 0 atom stereocenters. The molecule has 0 saturated heterocycles. The first-order valence-electron chi connectivity index (χ1n) is 7.66. The fourth-order valence-electron chi connectivity index (χ4n) is 1.89. The van der Waals surface area contributed by atoms with Crippen LogP contribution in [-0.4, -0.2) is 9.79 Å². The first-order chi connectivity index (χ1) is 13.0. The molecule has 3 aromatic rings. The molecule has 140 valence electrons. The molecule has 0 radical (unpaired) electrons. The number of phosphoric acid groups is 1. The fourth-order valence-corrected chi connectivity index (χ4v) is 3.14. The summed E-state index contributed by atoms with van der Waals surface area (Å²) in [5, 5.41) is 0. The number of hydrogen-bond donors (Lipinski definition) is 2. The van der Waals surface area contributed by atoms with E-state index in [4.69, 9.17) is 27.9 Å². The summed E-state index contributed by atoms with van der Waals surface area (Å²) in [6.45, 7) is 0. The largest absolute Gasteiger partial charge is 0.692 e. The van der Waals surface area contributed by atoms with Crippen LogP contribution in [0.1, 0.15) is 0 Å². The lowest BCUT2D eigenvalue weighted by Crippen LogP contribution is -2.07. The molecule has 0 spiro atoms. The minimum absolute atomic E-state index is 0.405. The van der Waals surface area contributed by atoms with Crippen LogP contribution < -0.4 is 13.6 Å². The van der Waals surface area contributed by atoms with Crippen LogP contribution in [0.5, 0.6) is 17.2 Å². The second kappa shape index (κ2) is 10.5. The van der Waals surface area contributed by atoms with Gasteiger partial charge < -0.3 is 13.6 Å². The molecule has 0 aliphatic carbocycles. The number of para-hydroxylation sites is 3. The Balaban J connectivity index is 0.000000596. The quantitative estimate of drug-likeness (QED) is 0.557. The normalized spacial score (nSPS) is 10.1. The third-order valence-electron chi connectivity index (χ3n) is 2.88. The highest BCUT2D eigenvalue weighted by atomic mass is 31.2. The Hall–Kier alpha value is -2.69. The van der Waals surface area contributed by atoms with E-state index < -0.39 is 16.1 Å². The Morgan fingerprint density at radius 3 is 1.04 bits per heavy atom. The van der Waals surface area contributed by atoms with Gasteiger partial charge in [-0.15, -0.1) is 9.79 Å². The van der Waals surface area contributed by atoms with E-state index in [9.17, 15) is 4.57 Å². The molecule has 0 heterocycles. The van der Waals surface area contributed by atoms with E-state index in [0.717, 1.165) is 0 Å².